The van der Waals surface area contributed by atoms with Gasteiger partial charge in [0.15, 0.2) is 0 Å². The average Bonchev–Trinajstić information content (AvgIpc) is 2.88. The van der Waals surface area contributed by atoms with Gasteiger partial charge in [-0.2, -0.15) is 0 Å². The molecule has 0 saturated heterocycles. The summed E-state index contributed by atoms with van der Waals surface area (Å²) in [6.07, 6.45) is 0.822. The van der Waals surface area contributed by atoms with E-state index >= 15 is 0 Å². The Balaban J connectivity index is 1.79. The zero-order chi connectivity index (χ0) is 14.9. The zero-order valence-corrected chi connectivity index (χ0v) is 12.6. The first-order valence-corrected chi connectivity index (χ1v) is 8.49. The van der Waals surface area contributed by atoms with Gasteiger partial charge in [0.1, 0.15) is 5.75 Å². The Morgan fingerprint density at radius 2 is 2.00 bits per heavy atom. The van der Waals surface area contributed by atoms with Crippen LogP contribution < -0.4 is 9.46 Å². The quantitative estimate of drug-likeness (QED) is 0.945. The molecule has 21 heavy (non-hydrogen) atoms. The molecule has 3 rings (SSSR count). The van der Waals surface area contributed by atoms with Crippen LogP contribution in [0.2, 0.25) is 0 Å². The Hall–Kier alpha value is -2.01. The number of ether oxygens (including phenoxy) is 1. The van der Waals surface area contributed by atoms with Gasteiger partial charge in [0.25, 0.3) is 0 Å². The summed E-state index contributed by atoms with van der Waals surface area (Å²) in [4.78, 5) is 0. The maximum atomic E-state index is 12.3. The molecule has 0 bridgehead atoms. The maximum Gasteiger partial charge on any atom is 0.236 e. The van der Waals surface area contributed by atoms with Crippen molar-refractivity contribution in [1.82, 2.24) is 0 Å². The number of fused-ring (bicyclic) bond motifs is 1. The number of aryl methyl sites for hydroxylation is 1. The normalized spacial score (nSPS) is 13.6. The Kier molecular flexibility index (Phi) is 3.59. The zero-order valence-electron chi connectivity index (χ0n) is 11.8. The predicted molar refractivity (Wildman–Crippen MR) is 83.1 cm³/mol. The van der Waals surface area contributed by atoms with Crippen molar-refractivity contribution in [2.24, 2.45) is 0 Å². The molecule has 1 aliphatic heterocycles. The van der Waals surface area contributed by atoms with E-state index in [1.165, 1.54) is 0 Å². The first-order chi connectivity index (χ1) is 10.0. The highest BCUT2D eigenvalue weighted by atomic mass is 32.2. The molecule has 2 aromatic carbocycles. The van der Waals surface area contributed by atoms with Crippen LogP contribution in [0.1, 0.15) is 16.7 Å². The van der Waals surface area contributed by atoms with E-state index in [0.717, 1.165) is 28.9 Å². The Morgan fingerprint density at radius 1 is 1.19 bits per heavy atom. The molecule has 0 aliphatic carbocycles. The predicted octanol–water partition coefficient (Wildman–Crippen LogP) is 2.87. The molecule has 0 aromatic heterocycles. The summed E-state index contributed by atoms with van der Waals surface area (Å²) >= 11 is 0. The molecular formula is C16H17NO3S. The molecule has 1 aliphatic rings. The Bertz CT molecular complexity index is 769. The van der Waals surface area contributed by atoms with Gasteiger partial charge in [0, 0.05) is 12.1 Å². The Labute approximate surface area is 124 Å². The molecule has 0 amide bonds. The van der Waals surface area contributed by atoms with Crippen molar-refractivity contribution in [3.8, 4) is 5.75 Å². The van der Waals surface area contributed by atoms with Gasteiger partial charge in [-0.1, -0.05) is 24.3 Å². The first kappa shape index (κ1) is 13.9. The Morgan fingerprint density at radius 3 is 2.81 bits per heavy atom. The van der Waals surface area contributed by atoms with Crippen LogP contribution in [0, 0.1) is 6.92 Å². The molecule has 5 heteroatoms. The summed E-state index contributed by atoms with van der Waals surface area (Å²) in [6, 6.07) is 12.9. The SMILES string of the molecule is Cc1ccccc1CS(=O)(=O)Nc1ccc2c(c1)CCO2. The van der Waals surface area contributed by atoms with E-state index < -0.39 is 10.0 Å². The second-order valence-corrected chi connectivity index (χ2v) is 6.93. The van der Waals surface area contributed by atoms with Crippen LogP contribution in [-0.4, -0.2) is 15.0 Å². The number of nitrogens with one attached hydrogen (secondary N) is 1. The number of rotatable bonds is 4. The van der Waals surface area contributed by atoms with Crippen molar-refractivity contribution >= 4 is 15.7 Å². The maximum absolute atomic E-state index is 12.3. The van der Waals surface area contributed by atoms with Gasteiger partial charge >= 0.3 is 0 Å². The average molecular weight is 303 g/mol. The minimum atomic E-state index is -3.42. The van der Waals surface area contributed by atoms with Crippen LogP contribution in [0.15, 0.2) is 42.5 Å². The lowest BCUT2D eigenvalue weighted by Gasteiger charge is -2.10. The molecule has 1 N–H and O–H groups in total. The van der Waals surface area contributed by atoms with Gasteiger partial charge in [-0.15, -0.1) is 0 Å². The fourth-order valence-electron chi connectivity index (χ4n) is 2.44. The molecule has 0 fully saturated rings. The third-order valence-corrected chi connectivity index (χ3v) is 4.81. The van der Waals surface area contributed by atoms with Crippen LogP contribution in [-0.2, 0) is 22.2 Å². The lowest BCUT2D eigenvalue weighted by molar-refractivity contribution is 0.357. The monoisotopic (exact) mass is 303 g/mol. The van der Waals surface area contributed by atoms with E-state index in [1.807, 2.05) is 43.3 Å². The summed E-state index contributed by atoms with van der Waals surface area (Å²) < 4.78 is 32.6. The van der Waals surface area contributed by atoms with Gasteiger partial charge in [0.05, 0.1) is 12.4 Å². The van der Waals surface area contributed by atoms with E-state index in [-0.39, 0.29) is 5.75 Å². The number of anilines is 1. The van der Waals surface area contributed by atoms with Crippen LogP contribution in [0.3, 0.4) is 0 Å². The van der Waals surface area contributed by atoms with Gasteiger partial charge < -0.3 is 4.74 Å². The highest BCUT2D eigenvalue weighted by Gasteiger charge is 2.16. The first-order valence-electron chi connectivity index (χ1n) is 6.84. The summed E-state index contributed by atoms with van der Waals surface area (Å²) in [5.41, 5.74) is 3.43. The van der Waals surface area contributed by atoms with Crippen molar-refractivity contribution in [3.05, 3.63) is 59.2 Å². The fourth-order valence-corrected chi connectivity index (χ4v) is 3.73. The molecule has 0 spiro atoms. The number of sulfonamides is 1. The van der Waals surface area contributed by atoms with E-state index in [1.54, 1.807) is 6.07 Å². The largest absolute Gasteiger partial charge is 0.493 e. The van der Waals surface area contributed by atoms with Crippen LogP contribution in [0.4, 0.5) is 5.69 Å². The van der Waals surface area contributed by atoms with E-state index in [2.05, 4.69) is 4.72 Å². The number of benzene rings is 2. The van der Waals surface area contributed by atoms with Crippen molar-refractivity contribution in [3.63, 3.8) is 0 Å². The fraction of sp³-hybridized carbons (Fsp3) is 0.250. The summed E-state index contributed by atoms with van der Waals surface area (Å²) in [5, 5.41) is 0. The number of hydrogen-bond donors (Lipinski definition) is 1. The smallest absolute Gasteiger partial charge is 0.236 e. The molecule has 0 saturated carbocycles. The minimum Gasteiger partial charge on any atom is -0.493 e. The standard InChI is InChI=1S/C16H17NO3S/c1-12-4-2-3-5-14(12)11-21(18,19)17-15-6-7-16-13(10-15)8-9-20-16/h2-7,10,17H,8-9,11H2,1H3. The van der Waals surface area contributed by atoms with E-state index in [4.69, 9.17) is 4.74 Å². The topological polar surface area (TPSA) is 55.4 Å². The summed E-state index contributed by atoms with van der Waals surface area (Å²) in [6.45, 7) is 2.58. The molecule has 0 unspecified atom stereocenters. The van der Waals surface area contributed by atoms with Crippen LogP contribution in [0.25, 0.3) is 0 Å². The molecule has 1 heterocycles. The van der Waals surface area contributed by atoms with Gasteiger partial charge in [-0.3, -0.25) is 4.72 Å². The third kappa shape index (κ3) is 3.19. The van der Waals surface area contributed by atoms with E-state index in [0.29, 0.717) is 12.3 Å². The minimum absolute atomic E-state index is 0.0206. The van der Waals surface area contributed by atoms with Crippen LogP contribution in [0.5, 0.6) is 5.75 Å². The molecular weight excluding hydrogens is 286 g/mol. The van der Waals surface area contributed by atoms with Gasteiger partial charge in [-0.25, -0.2) is 8.42 Å². The molecule has 110 valence electrons. The molecule has 4 nitrogen and oxygen atoms in total. The van der Waals surface area contributed by atoms with Crippen molar-refractivity contribution in [2.45, 2.75) is 19.1 Å². The number of hydrogen-bond acceptors (Lipinski definition) is 3. The lowest BCUT2D eigenvalue weighted by atomic mass is 10.1. The van der Waals surface area contributed by atoms with Gasteiger partial charge in [-0.05, 0) is 41.8 Å². The van der Waals surface area contributed by atoms with Gasteiger partial charge in [0.2, 0.25) is 10.0 Å². The summed E-state index contributed by atoms with van der Waals surface area (Å²) in [5.74, 6) is 0.824. The molecule has 0 radical (unpaired) electrons. The second kappa shape index (κ2) is 5.41. The molecule has 0 atom stereocenters. The van der Waals surface area contributed by atoms with Crippen molar-refractivity contribution in [2.75, 3.05) is 11.3 Å². The van der Waals surface area contributed by atoms with E-state index in [9.17, 15) is 8.42 Å². The van der Waals surface area contributed by atoms with Crippen molar-refractivity contribution < 1.29 is 13.2 Å². The van der Waals surface area contributed by atoms with Crippen LogP contribution >= 0.6 is 0 Å². The second-order valence-electron chi connectivity index (χ2n) is 5.21. The third-order valence-electron chi connectivity index (χ3n) is 3.57. The summed E-state index contributed by atoms with van der Waals surface area (Å²) in [7, 11) is -3.42. The van der Waals surface area contributed by atoms with Crippen molar-refractivity contribution in [1.29, 1.82) is 0 Å². The lowest BCUT2D eigenvalue weighted by Crippen LogP contribution is -2.15. The highest BCUT2D eigenvalue weighted by molar-refractivity contribution is 7.91. The highest BCUT2D eigenvalue weighted by Crippen LogP contribution is 2.28. The molecule has 2 aromatic rings.